The number of carboxylic acid groups (broad SMARTS) is 2. The molecule has 228 valence electrons. The predicted octanol–water partition coefficient (Wildman–Crippen LogP) is 4.59. The van der Waals surface area contributed by atoms with Crippen LogP contribution in [0, 0.1) is 5.82 Å². The van der Waals surface area contributed by atoms with Crippen LogP contribution in [-0.2, 0) is 9.59 Å². The van der Waals surface area contributed by atoms with Gasteiger partial charge in [-0.1, -0.05) is 29.8 Å². The van der Waals surface area contributed by atoms with Crippen molar-refractivity contribution in [2.45, 2.75) is 32.2 Å². The van der Waals surface area contributed by atoms with Gasteiger partial charge in [0.1, 0.15) is 5.82 Å². The molecule has 2 aromatic carbocycles. The first-order valence-electron chi connectivity index (χ1n) is 13.4. The zero-order valence-corrected chi connectivity index (χ0v) is 24.6. The summed E-state index contributed by atoms with van der Waals surface area (Å²) >= 11 is 0. The number of carboxylic acids is 2. The van der Waals surface area contributed by atoms with Crippen molar-refractivity contribution in [2.75, 3.05) is 48.0 Å². The number of carbonyl (C=O) groups is 3. The Labute approximate surface area is 245 Å². The lowest BCUT2D eigenvalue weighted by Crippen LogP contribution is -2.37. The quantitative estimate of drug-likeness (QED) is 0.344. The van der Waals surface area contributed by atoms with Crippen LogP contribution in [0.2, 0.25) is 0 Å². The van der Waals surface area contributed by atoms with Gasteiger partial charge in [0.15, 0.2) is 11.5 Å². The fraction of sp³-hybridized carbons (Fsp3) is 0.387. The topological polar surface area (TPSA) is 126 Å². The Morgan fingerprint density at radius 3 is 2.10 bits per heavy atom. The van der Waals surface area contributed by atoms with Gasteiger partial charge in [0, 0.05) is 42.4 Å². The van der Waals surface area contributed by atoms with E-state index in [-0.39, 0.29) is 11.7 Å². The average Bonchev–Trinajstić information content (AvgIpc) is 3.38. The number of benzene rings is 2. The molecule has 0 spiro atoms. The Kier molecular flexibility index (Phi) is 13.5. The fourth-order valence-corrected chi connectivity index (χ4v) is 4.64. The van der Waals surface area contributed by atoms with Crippen LogP contribution in [0.25, 0.3) is 6.08 Å². The average molecular weight is 587 g/mol. The van der Waals surface area contributed by atoms with Crippen LogP contribution in [0.15, 0.2) is 54.1 Å². The highest BCUT2D eigenvalue weighted by molar-refractivity contribution is 5.96. The smallest absolute Gasteiger partial charge is 0.328 e. The number of methoxy groups -OCH3 is 3. The van der Waals surface area contributed by atoms with Crippen LogP contribution in [0.1, 0.15) is 42.1 Å². The van der Waals surface area contributed by atoms with Crippen molar-refractivity contribution in [3.8, 4) is 17.2 Å². The van der Waals surface area contributed by atoms with Gasteiger partial charge in [0.25, 0.3) is 5.91 Å². The number of halogens is 1. The van der Waals surface area contributed by atoms with Gasteiger partial charge in [-0.25, -0.2) is 14.0 Å². The summed E-state index contributed by atoms with van der Waals surface area (Å²) in [5.74, 6) is -1.63. The van der Waals surface area contributed by atoms with E-state index in [4.69, 9.17) is 24.4 Å². The second kappa shape index (κ2) is 16.8. The third kappa shape index (κ3) is 10.2. The molecule has 3 rings (SSSR count). The first-order chi connectivity index (χ1) is 20.0. The van der Waals surface area contributed by atoms with Gasteiger partial charge in [-0.05, 0) is 58.0 Å². The molecule has 0 bridgehead atoms. The molecule has 10 nitrogen and oxygen atoms in total. The van der Waals surface area contributed by atoms with Crippen LogP contribution in [0.5, 0.6) is 17.2 Å². The highest BCUT2D eigenvalue weighted by Crippen LogP contribution is 2.38. The molecule has 1 aliphatic heterocycles. The maximum atomic E-state index is 14.2. The highest BCUT2D eigenvalue weighted by atomic mass is 19.1. The molecular weight excluding hydrogens is 547 g/mol. The van der Waals surface area contributed by atoms with E-state index in [1.807, 2.05) is 11.8 Å². The summed E-state index contributed by atoms with van der Waals surface area (Å²) in [4.78, 5) is 37.0. The molecule has 2 aromatic rings. The molecule has 0 aromatic heterocycles. The molecule has 1 amide bonds. The Morgan fingerprint density at radius 2 is 1.62 bits per heavy atom. The second-order valence-corrected chi connectivity index (χ2v) is 9.73. The molecule has 2 N–H and O–H groups in total. The molecule has 1 fully saturated rings. The third-order valence-electron chi connectivity index (χ3n) is 6.72. The molecule has 1 heterocycles. The number of hydrogen-bond donors (Lipinski definition) is 2. The van der Waals surface area contributed by atoms with Gasteiger partial charge >= 0.3 is 11.9 Å². The van der Waals surface area contributed by atoms with Crippen LogP contribution in [-0.4, -0.2) is 91.9 Å². The van der Waals surface area contributed by atoms with E-state index >= 15 is 0 Å². The SMILES string of the molecule is COc1cc(C(=O)N(CCC2CCCN2C)CC(C)=Cc2ccccc2F)cc(OC)c1OC.O=C(O)C=CC(=O)O. The van der Waals surface area contributed by atoms with Crippen LogP contribution < -0.4 is 14.2 Å². The number of hydrogen-bond acceptors (Lipinski definition) is 7. The summed E-state index contributed by atoms with van der Waals surface area (Å²) in [6.07, 6.45) is 6.10. The number of likely N-dealkylation sites (tertiary alicyclic amines) is 1. The van der Waals surface area contributed by atoms with Crippen molar-refractivity contribution in [1.29, 1.82) is 0 Å². The lowest BCUT2D eigenvalue weighted by atomic mass is 10.1. The summed E-state index contributed by atoms with van der Waals surface area (Å²) in [5, 5.41) is 15.6. The highest BCUT2D eigenvalue weighted by Gasteiger charge is 2.25. The number of amides is 1. The minimum atomic E-state index is -1.26. The van der Waals surface area contributed by atoms with Crippen LogP contribution >= 0.6 is 0 Å². The van der Waals surface area contributed by atoms with E-state index in [0.717, 1.165) is 25.0 Å². The van der Waals surface area contributed by atoms with Gasteiger partial charge in [0.05, 0.1) is 21.3 Å². The molecule has 1 aliphatic rings. The molecule has 1 unspecified atom stereocenters. The summed E-state index contributed by atoms with van der Waals surface area (Å²) in [6.45, 7) is 3.98. The van der Waals surface area contributed by atoms with Gasteiger partial charge in [-0.3, -0.25) is 4.79 Å². The van der Waals surface area contributed by atoms with Crippen molar-refractivity contribution >= 4 is 23.9 Å². The van der Waals surface area contributed by atoms with Gasteiger partial charge < -0.3 is 34.2 Å². The van der Waals surface area contributed by atoms with Gasteiger partial charge in [0.2, 0.25) is 5.75 Å². The zero-order valence-electron chi connectivity index (χ0n) is 24.6. The number of rotatable bonds is 12. The first kappa shape index (κ1) is 33.8. The van der Waals surface area contributed by atoms with E-state index in [9.17, 15) is 18.8 Å². The first-order valence-corrected chi connectivity index (χ1v) is 13.4. The molecule has 0 radical (unpaired) electrons. The molecule has 0 saturated carbocycles. The van der Waals surface area contributed by atoms with Crippen molar-refractivity contribution in [3.63, 3.8) is 0 Å². The predicted molar refractivity (Wildman–Crippen MR) is 157 cm³/mol. The summed E-state index contributed by atoms with van der Waals surface area (Å²) in [5.41, 5.74) is 1.86. The van der Waals surface area contributed by atoms with Gasteiger partial charge in [-0.15, -0.1) is 0 Å². The molecule has 11 heteroatoms. The lowest BCUT2D eigenvalue weighted by molar-refractivity contribution is -0.134. The van der Waals surface area contributed by atoms with Crippen LogP contribution in [0.3, 0.4) is 0 Å². The molecule has 1 atom stereocenters. The Balaban J connectivity index is 0.000000675. The standard InChI is InChI=1S/C27H35FN2O4.C4H4O4/c1-19(15-20-9-6-7-11-23(20)28)18-30(14-12-22-10-8-13-29(22)2)27(31)21-16-24(32-3)26(34-5)25(17-21)33-4;5-3(6)1-2-4(7)8/h6-7,9,11,15-17,22H,8,10,12-14,18H2,1-5H3;1-2H,(H,5,6)(H,7,8). The van der Waals surface area contributed by atoms with E-state index in [1.165, 1.54) is 33.8 Å². The number of ether oxygens (including phenoxy) is 3. The fourth-order valence-electron chi connectivity index (χ4n) is 4.64. The summed E-state index contributed by atoms with van der Waals surface area (Å²) in [7, 11) is 6.72. The van der Waals surface area contributed by atoms with E-state index in [1.54, 1.807) is 36.4 Å². The largest absolute Gasteiger partial charge is 0.493 e. The van der Waals surface area contributed by atoms with Crippen LogP contribution in [0.4, 0.5) is 4.39 Å². The van der Waals surface area contributed by atoms with E-state index in [0.29, 0.717) is 59.7 Å². The number of aliphatic carboxylic acids is 2. The Morgan fingerprint density at radius 1 is 1.02 bits per heavy atom. The number of carbonyl (C=O) groups excluding carboxylic acids is 1. The zero-order chi connectivity index (χ0) is 31.2. The normalized spacial score (nSPS) is 15.1. The van der Waals surface area contributed by atoms with E-state index in [2.05, 4.69) is 11.9 Å². The molecule has 42 heavy (non-hydrogen) atoms. The molecular formula is C31H39FN2O8. The minimum Gasteiger partial charge on any atom is -0.493 e. The Hall–Kier alpha value is -4.38. The van der Waals surface area contributed by atoms with Gasteiger partial charge in [-0.2, -0.15) is 0 Å². The molecule has 1 saturated heterocycles. The van der Waals surface area contributed by atoms with E-state index < -0.39 is 11.9 Å². The number of nitrogens with zero attached hydrogens (tertiary/aromatic N) is 2. The second-order valence-electron chi connectivity index (χ2n) is 9.73. The van der Waals surface area contributed by atoms with Crippen molar-refractivity contribution in [3.05, 3.63) is 71.1 Å². The maximum Gasteiger partial charge on any atom is 0.328 e. The minimum absolute atomic E-state index is 0.138. The summed E-state index contributed by atoms with van der Waals surface area (Å²) < 4.78 is 30.5. The van der Waals surface area contributed by atoms with Crippen molar-refractivity contribution in [2.24, 2.45) is 0 Å². The van der Waals surface area contributed by atoms with Crippen molar-refractivity contribution < 1.29 is 43.2 Å². The summed E-state index contributed by atoms with van der Waals surface area (Å²) in [6, 6.07) is 10.4. The third-order valence-corrected chi connectivity index (χ3v) is 6.72. The monoisotopic (exact) mass is 586 g/mol. The lowest BCUT2D eigenvalue weighted by Gasteiger charge is -2.27. The maximum absolute atomic E-state index is 14.2. The van der Waals surface area contributed by atoms with Crippen molar-refractivity contribution in [1.82, 2.24) is 9.80 Å². The Bertz CT molecular complexity index is 1250. The molecule has 0 aliphatic carbocycles.